The normalized spacial score (nSPS) is 10.4. The molecule has 0 saturated carbocycles. The molecule has 0 aliphatic carbocycles. The Hall–Kier alpha value is -1.78. The summed E-state index contributed by atoms with van der Waals surface area (Å²) in [6.07, 6.45) is 2.57. The molecule has 4 nitrogen and oxygen atoms in total. The van der Waals surface area contributed by atoms with Crippen LogP contribution in [-0.2, 0) is 9.45 Å². The van der Waals surface area contributed by atoms with Crippen molar-refractivity contribution in [2.75, 3.05) is 11.9 Å². The van der Waals surface area contributed by atoms with Gasteiger partial charge in [0.15, 0.2) is 6.40 Å². The molecule has 0 spiro atoms. The molecule has 0 atom stereocenters. The SMILES string of the molecule is BOC=NCCCC(=O)Nc1ccc(C)cc1. The molecule has 90 valence electrons. The van der Waals surface area contributed by atoms with Crippen LogP contribution in [-0.4, -0.2) is 26.9 Å². The van der Waals surface area contributed by atoms with Gasteiger partial charge in [0, 0.05) is 18.7 Å². The summed E-state index contributed by atoms with van der Waals surface area (Å²) in [7, 11) is 1.55. The third-order valence-corrected chi connectivity index (χ3v) is 2.21. The molecule has 0 aromatic heterocycles. The fraction of sp³-hybridized carbons (Fsp3) is 0.333. The van der Waals surface area contributed by atoms with Crippen LogP contribution in [0.5, 0.6) is 0 Å². The number of hydrogen-bond donors (Lipinski definition) is 1. The number of hydrogen-bond acceptors (Lipinski definition) is 3. The van der Waals surface area contributed by atoms with E-state index in [4.69, 9.17) is 0 Å². The molecule has 17 heavy (non-hydrogen) atoms. The van der Waals surface area contributed by atoms with E-state index in [-0.39, 0.29) is 5.91 Å². The third kappa shape index (κ3) is 5.75. The van der Waals surface area contributed by atoms with Crippen LogP contribution in [0.4, 0.5) is 5.69 Å². The van der Waals surface area contributed by atoms with Crippen LogP contribution in [0.25, 0.3) is 0 Å². The van der Waals surface area contributed by atoms with E-state index < -0.39 is 0 Å². The first-order chi connectivity index (χ1) is 8.22. The highest BCUT2D eigenvalue weighted by Crippen LogP contribution is 2.09. The predicted octanol–water partition coefficient (Wildman–Crippen LogP) is 1.31. The van der Waals surface area contributed by atoms with Gasteiger partial charge in [-0.25, -0.2) is 0 Å². The van der Waals surface area contributed by atoms with E-state index >= 15 is 0 Å². The van der Waals surface area contributed by atoms with E-state index in [0.29, 0.717) is 13.0 Å². The number of benzene rings is 1. The number of anilines is 1. The molecule has 0 unspecified atom stereocenters. The Balaban J connectivity index is 2.25. The molecule has 1 aromatic rings. The monoisotopic (exact) mass is 232 g/mol. The molecule has 1 amide bonds. The number of nitrogens with one attached hydrogen (secondary N) is 1. The van der Waals surface area contributed by atoms with E-state index in [1.807, 2.05) is 31.2 Å². The van der Waals surface area contributed by atoms with Crippen molar-refractivity contribution in [3.63, 3.8) is 0 Å². The lowest BCUT2D eigenvalue weighted by molar-refractivity contribution is -0.116. The Morgan fingerprint density at radius 1 is 1.47 bits per heavy atom. The van der Waals surface area contributed by atoms with Gasteiger partial charge < -0.3 is 9.97 Å². The number of aryl methyl sites for hydroxylation is 1. The minimum Gasteiger partial charge on any atom is -0.560 e. The summed E-state index contributed by atoms with van der Waals surface area (Å²) in [6.45, 7) is 2.62. The highest BCUT2D eigenvalue weighted by Gasteiger charge is 2.01. The van der Waals surface area contributed by atoms with Gasteiger partial charge in [0.1, 0.15) is 0 Å². The van der Waals surface area contributed by atoms with Crippen molar-refractivity contribution in [2.45, 2.75) is 19.8 Å². The number of rotatable bonds is 6. The van der Waals surface area contributed by atoms with Crippen molar-refractivity contribution in [1.29, 1.82) is 0 Å². The number of carbonyl (C=O) groups is 1. The van der Waals surface area contributed by atoms with Crippen LogP contribution in [0.2, 0.25) is 0 Å². The van der Waals surface area contributed by atoms with Crippen molar-refractivity contribution in [3.8, 4) is 0 Å². The zero-order valence-corrected chi connectivity index (χ0v) is 10.3. The molecule has 0 aliphatic rings. The van der Waals surface area contributed by atoms with Gasteiger partial charge in [-0.05, 0) is 25.5 Å². The maximum atomic E-state index is 11.5. The lowest BCUT2D eigenvalue weighted by Crippen LogP contribution is -2.11. The first-order valence-corrected chi connectivity index (χ1v) is 5.60. The molecule has 1 rings (SSSR count). The zero-order valence-electron chi connectivity index (χ0n) is 10.3. The smallest absolute Gasteiger partial charge is 0.323 e. The topological polar surface area (TPSA) is 50.7 Å². The molecule has 1 N–H and O–H groups in total. The summed E-state index contributed by atoms with van der Waals surface area (Å²) in [5, 5.41) is 2.84. The summed E-state index contributed by atoms with van der Waals surface area (Å²) in [4.78, 5) is 15.5. The molecule has 0 saturated heterocycles. The van der Waals surface area contributed by atoms with Gasteiger partial charge >= 0.3 is 8.05 Å². The van der Waals surface area contributed by atoms with E-state index in [0.717, 1.165) is 12.1 Å². The lowest BCUT2D eigenvalue weighted by atomic mass is 10.2. The van der Waals surface area contributed by atoms with Crippen LogP contribution < -0.4 is 5.32 Å². The van der Waals surface area contributed by atoms with Crippen molar-refractivity contribution < 1.29 is 9.45 Å². The molecular formula is C12H17BN2O2. The van der Waals surface area contributed by atoms with E-state index in [2.05, 4.69) is 15.0 Å². The van der Waals surface area contributed by atoms with Gasteiger partial charge in [-0.2, -0.15) is 0 Å². The van der Waals surface area contributed by atoms with Gasteiger partial charge in [0.05, 0.1) is 0 Å². The molecule has 0 fully saturated rings. The van der Waals surface area contributed by atoms with Crippen LogP contribution in [0, 0.1) is 6.92 Å². The molecule has 0 aliphatic heterocycles. The molecular weight excluding hydrogens is 215 g/mol. The Bertz CT molecular complexity index is 377. The minimum atomic E-state index is 0.0152. The van der Waals surface area contributed by atoms with Crippen molar-refractivity contribution in [3.05, 3.63) is 29.8 Å². The molecule has 0 radical (unpaired) electrons. The maximum absolute atomic E-state index is 11.5. The quantitative estimate of drug-likeness (QED) is 0.348. The lowest BCUT2D eigenvalue weighted by Gasteiger charge is -2.04. The summed E-state index contributed by atoms with van der Waals surface area (Å²) in [6, 6.07) is 7.74. The Labute approximate surface area is 103 Å². The average Bonchev–Trinajstić information content (AvgIpc) is 2.32. The Kier molecular flexibility index (Phi) is 5.86. The van der Waals surface area contributed by atoms with Crippen LogP contribution in [0.15, 0.2) is 29.3 Å². The van der Waals surface area contributed by atoms with Gasteiger partial charge in [-0.3, -0.25) is 9.79 Å². The Morgan fingerprint density at radius 3 is 2.82 bits per heavy atom. The van der Waals surface area contributed by atoms with Crippen molar-refractivity contribution >= 4 is 26.0 Å². The fourth-order valence-electron chi connectivity index (χ4n) is 1.32. The van der Waals surface area contributed by atoms with Crippen LogP contribution in [0.1, 0.15) is 18.4 Å². The fourth-order valence-corrected chi connectivity index (χ4v) is 1.32. The van der Waals surface area contributed by atoms with Crippen LogP contribution in [0.3, 0.4) is 0 Å². The second-order valence-corrected chi connectivity index (χ2v) is 3.77. The first kappa shape index (κ1) is 13.3. The Morgan fingerprint density at radius 2 is 2.18 bits per heavy atom. The molecule has 5 heteroatoms. The highest BCUT2D eigenvalue weighted by molar-refractivity contribution is 6.02. The number of nitrogens with zero attached hydrogens (tertiary/aromatic N) is 1. The summed E-state index contributed by atoms with van der Waals surface area (Å²) in [5.74, 6) is 0.0152. The summed E-state index contributed by atoms with van der Waals surface area (Å²) < 4.78 is 4.66. The van der Waals surface area contributed by atoms with Crippen molar-refractivity contribution in [1.82, 2.24) is 0 Å². The predicted molar refractivity (Wildman–Crippen MR) is 72.0 cm³/mol. The molecule has 1 aromatic carbocycles. The summed E-state index contributed by atoms with van der Waals surface area (Å²) in [5.41, 5.74) is 2.01. The first-order valence-electron chi connectivity index (χ1n) is 5.60. The number of amides is 1. The van der Waals surface area contributed by atoms with Gasteiger partial charge in [-0.1, -0.05) is 17.7 Å². The second-order valence-electron chi connectivity index (χ2n) is 3.77. The van der Waals surface area contributed by atoms with E-state index in [1.165, 1.54) is 12.0 Å². The van der Waals surface area contributed by atoms with Crippen molar-refractivity contribution in [2.24, 2.45) is 4.99 Å². The third-order valence-electron chi connectivity index (χ3n) is 2.21. The average molecular weight is 232 g/mol. The van der Waals surface area contributed by atoms with Gasteiger partial charge in [-0.15, -0.1) is 0 Å². The molecule has 0 heterocycles. The largest absolute Gasteiger partial charge is 0.560 e. The maximum Gasteiger partial charge on any atom is 0.323 e. The van der Waals surface area contributed by atoms with E-state index in [1.54, 1.807) is 8.05 Å². The highest BCUT2D eigenvalue weighted by atomic mass is 16.4. The summed E-state index contributed by atoms with van der Waals surface area (Å²) >= 11 is 0. The van der Waals surface area contributed by atoms with Gasteiger partial charge in [0.25, 0.3) is 0 Å². The van der Waals surface area contributed by atoms with Crippen LogP contribution >= 0.6 is 0 Å². The number of aliphatic imine (C=N–C) groups is 1. The standard InChI is InChI=1S/C12H17BN2O2/c1-10-4-6-11(7-5-10)15-12(16)3-2-8-14-9-17-13/h4-7,9H,2-3,8,13H2,1H3,(H,15,16). The molecule has 0 bridgehead atoms. The minimum absolute atomic E-state index is 0.0152. The second kappa shape index (κ2) is 7.49. The van der Waals surface area contributed by atoms with E-state index in [9.17, 15) is 4.79 Å². The number of carbonyl (C=O) groups excluding carboxylic acids is 1. The van der Waals surface area contributed by atoms with Gasteiger partial charge in [0.2, 0.25) is 5.91 Å². The zero-order chi connectivity index (χ0) is 12.5.